The number of thiophene rings is 1. The largest absolute Gasteiger partial charge is 0.447 e. The van der Waals surface area contributed by atoms with Gasteiger partial charge in [0.2, 0.25) is 11.8 Å². The Morgan fingerprint density at radius 3 is 2.72 bits per heavy atom. The molecule has 0 saturated carbocycles. The topological polar surface area (TPSA) is 108 Å². The van der Waals surface area contributed by atoms with E-state index in [0.29, 0.717) is 38.5 Å². The highest BCUT2D eigenvalue weighted by atomic mass is 32.1. The summed E-state index contributed by atoms with van der Waals surface area (Å²) in [4.78, 5) is 41.2. The van der Waals surface area contributed by atoms with Crippen LogP contribution < -0.4 is 10.2 Å². The lowest BCUT2D eigenvalue weighted by Crippen LogP contribution is -2.27. The predicted molar refractivity (Wildman–Crippen MR) is 118 cm³/mol. The highest BCUT2D eigenvalue weighted by Gasteiger charge is 2.29. The van der Waals surface area contributed by atoms with Crippen LogP contribution in [0.4, 0.5) is 16.3 Å². The first-order chi connectivity index (χ1) is 15.6. The second-order valence-corrected chi connectivity index (χ2v) is 8.72. The minimum atomic E-state index is -0.356. The first-order valence-corrected chi connectivity index (χ1v) is 11.1. The van der Waals surface area contributed by atoms with Crippen molar-refractivity contribution in [3.8, 4) is 0 Å². The molecule has 0 unspecified atom stereocenters. The van der Waals surface area contributed by atoms with Gasteiger partial charge in [0.15, 0.2) is 5.82 Å². The molecule has 2 aliphatic heterocycles. The molecule has 9 nitrogen and oxygen atoms in total. The number of amides is 3. The number of hydrogen-bond donors (Lipinski definition) is 2. The molecular weight excluding hydrogens is 430 g/mol. The van der Waals surface area contributed by atoms with Gasteiger partial charge in [0.05, 0.1) is 38.2 Å². The molecule has 1 fully saturated rings. The highest BCUT2D eigenvalue weighted by Crippen LogP contribution is 2.28. The molecule has 0 atom stereocenters. The third-order valence-electron chi connectivity index (χ3n) is 5.54. The molecule has 1 saturated heterocycles. The summed E-state index contributed by atoms with van der Waals surface area (Å²) in [6, 6.07) is 11.1. The minimum absolute atomic E-state index is 0.0521. The number of fused-ring (bicyclic) bond motifs is 1. The van der Waals surface area contributed by atoms with E-state index in [4.69, 9.17) is 4.74 Å². The number of anilines is 2. The Balaban J connectivity index is 1.18. The van der Waals surface area contributed by atoms with Crippen molar-refractivity contribution >= 4 is 40.7 Å². The fourth-order valence-corrected chi connectivity index (χ4v) is 4.57. The normalized spacial score (nSPS) is 15.1. The number of nitrogens with zero attached hydrogens (tertiary/aromatic N) is 3. The molecule has 0 spiro atoms. The lowest BCUT2D eigenvalue weighted by Gasteiger charge is -2.15. The van der Waals surface area contributed by atoms with Crippen LogP contribution in [0.3, 0.4) is 0 Å². The minimum Gasteiger partial charge on any atom is -0.447 e. The average Bonchev–Trinajstić information content (AvgIpc) is 3.55. The number of aromatic nitrogens is 2. The van der Waals surface area contributed by atoms with E-state index >= 15 is 0 Å². The van der Waals surface area contributed by atoms with Gasteiger partial charge in [-0.05, 0) is 29.1 Å². The van der Waals surface area contributed by atoms with Crippen LogP contribution in [0.5, 0.6) is 0 Å². The van der Waals surface area contributed by atoms with Crippen molar-refractivity contribution in [2.24, 2.45) is 0 Å². The third-order valence-corrected chi connectivity index (χ3v) is 6.42. The van der Waals surface area contributed by atoms with Crippen LogP contribution in [-0.4, -0.2) is 46.2 Å². The zero-order valence-electron chi connectivity index (χ0n) is 17.2. The smallest absolute Gasteiger partial charge is 0.414 e. The van der Waals surface area contributed by atoms with Gasteiger partial charge < -0.3 is 15.0 Å². The van der Waals surface area contributed by atoms with Gasteiger partial charge in [-0.3, -0.25) is 19.6 Å². The van der Waals surface area contributed by atoms with Crippen molar-refractivity contribution in [1.29, 1.82) is 0 Å². The van der Waals surface area contributed by atoms with Crippen molar-refractivity contribution in [1.82, 2.24) is 15.1 Å². The van der Waals surface area contributed by atoms with Gasteiger partial charge in [-0.2, -0.15) is 5.10 Å². The number of rotatable bonds is 6. The zero-order chi connectivity index (χ0) is 22.1. The number of hydrogen-bond acceptors (Lipinski definition) is 6. The van der Waals surface area contributed by atoms with Crippen LogP contribution in [0.2, 0.25) is 0 Å². The second kappa shape index (κ2) is 8.46. The van der Waals surface area contributed by atoms with E-state index in [2.05, 4.69) is 15.5 Å². The fourth-order valence-electron chi connectivity index (χ4n) is 3.88. The number of nitrogens with one attached hydrogen (secondary N) is 2. The second-order valence-electron chi connectivity index (χ2n) is 7.69. The molecule has 2 N–H and O–H groups in total. The number of benzene rings is 1. The molecule has 2 aromatic heterocycles. The maximum atomic E-state index is 12.6. The summed E-state index contributed by atoms with van der Waals surface area (Å²) in [7, 11) is 0. The van der Waals surface area contributed by atoms with Gasteiger partial charge in [0, 0.05) is 16.1 Å². The number of carbonyl (C=O) groups excluding carboxylic acids is 3. The van der Waals surface area contributed by atoms with Gasteiger partial charge in [-0.1, -0.05) is 18.2 Å². The Labute approximate surface area is 188 Å². The van der Waals surface area contributed by atoms with E-state index in [1.165, 1.54) is 0 Å². The van der Waals surface area contributed by atoms with Crippen LogP contribution in [0, 0.1) is 0 Å². The lowest BCUT2D eigenvalue weighted by atomic mass is 10.1. The number of aromatic amines is 1. The Hall–Kier alpha value is -3.66. The molecule has 0 bridgehead atoms. The molecule has 5 rings (SSSR count). The van der Waals surface area contributed by atoms with Gasteiger partial charge in [-0.25, -0.2) is 4.79 Å². The van der Waals surface area contributed by atoms with Gasteiger partial charge >= 0.3 is 6.09 Å². The third kappa shape index (κ3) is 4.09. The monoisotopic (exact) mass is 451 g/mol. The Bertz CT molecular complexity index is 1160. The Kier molecular flexibility index (Phi) is 5.36. The molecule has 1 aromatic carbocycles. The zero-order valence-corrected chi connectivity index (χ0v) is 18.0. The summed E-state index contributed by atoms with van der Waals surface area (Å²) in [5.74, 6) is 0.320. The van der Waals surface area contributed by atoms with Crippen molar-refractivity contribution in [2.75, 3.05) is 23.4 Å². The van der Waals surface area contributed by atoms with Crippen molar-refractivity contribution in [2.45, 2.75) is 25.9 Å². The van der Waals surface area contributed by atoms with E-state index in [9.17, 15) is 14.4 Å². The molecule has 3 amide bonds. The molecule has 4 heterocycles. The lowest BCUT2D eigenvalue weighted by molar-refractivity contribution is -0.131. The first kappa shape index (κ1) is 20.3. The molecule has 2 aliphatic rings. The average molecular weight is 452 g/mol. The van der Waals surface area contributed by atoms with Crippen molar-refractivity contribution in [3.05, 3.63) is 63.5 Å². The summed E-state index contributed by atoms with van der Waals surface area (Å²) < 4.78 is 4.95. The number of ether oxygens (including phenoxy) is 1. The van der Waals surface area contributed by atoms with Crippen molar-refractivity contribution in [3.63, 3.8) is 0 Å². The summed E-state index contributed by atoms with van der Waals surface area (Å²) in [5, 5.41) is 12.0. The van der Waals surface area contributed by atoms with Crippen LogP contribution >= 0.6 is 11.3 Å². The first-order valence-electron chi connectivity index (χ1n) is 10.3. The van der Waals surface area contributed by atoms with E-state index in [1.807, 2.05) is 29.6 Å². The van der Waals surface area contributed by atoms with Crippen LogP contribution in [0.1, 0.15) is 21.7 Å². The SMILES string of the molecule is O=C(Cc1ccc(N2CCOC2=O)cc1)Nc1n[nH]c2c1CN(C(=O)Cc1cccs1)C2. The molecule has 164 valence electrons. The summed E-state index contributed by atoms with van der Waals surface area (Å²) >= 11 is 1.57. The van der Waals surface area contributed by atoms with Gasteiger partial charge in [0.1, 0.15) is 6.61 Å². The number of cyclic esters (lactones) is 1. The van der Waals surface area contributed by atoms with Gasteiger partial charge in [0.25, 0.3) is 0 Å². The number of H-pyrrole nitrogens is 1. The fraction of sp³-hybridized carbons (Fsp3) is 0.273. The maximum absolute atomic E-state index is 12.6. The highest BCUT2D eigenvalue weighted by molar-refractivity contribution is 7.10. The standard InChI is InChI=1S/C22H21N5O4S/c28-19(10-14-3-5-15(6-4-14)27-7-8-31-22(27)30)23-21-17-12-26(13-18(17)24-25-21)20(29)11-16-2-1-9-32-16/h1-6,9H,7-8,10-13H2,(H2,23,24,25,28). The van der Waals surface area contributed by atoms with E-state index < -0.39 is 0 Å². The summed E-state index contributed by atoms with van der Waals surface area (Å²) in [6.45, 7) is 1.79. The van der Waals surface area contributed by atoms with Crippen LogP contribution in [-0.2, 0) is 40.3 Å². The molecule has 32 heavy (non-hydrogen) atoms. The molecular formula is C22H21N5O4S. The Morgan fingerprint density at radius 1 is 1.16 bits per heavy atom. The summed E-state index contributed by atoms with van der Waals surface area (Å²) in [5.41, 5.74) is 3.26. The molecule has 10 heteroatoms. The van der Waals surface area contributed by atoms with Crippen LogP contribution in [0.15, 0.2) is 41.8 Å². The quantitative estimate of drug-likeness (QED) is 0.599. The Morgan fingerprint density at radius 2 is 2.00 bits per heavy atom. The molecule has 3 aromatic rings. The molecule has 0 aliphatic carbocycles. The maximum Gasteiger partial charge on any atom is 0.414 e. The van der Waals surface area contributed by atoms with E-state index in [1.54, 1.807) is 33.3 Å². The van der Waals surface area contributed by atoms with Crippen molar-refractivity contribution < 1.29 is 19.1 Å². The molecule has 0 radical (unpaired) electrons. The summed E-state index contributed by atoms with van der Waals surface area (Å²) in [6.07, 6.45) is 0.195. The van der Waals surface area contributed by atoms with E-state index in [-0.39, 0.29) is 24.3 Å². The number of carbonyl (C=O) groups is 3. The van der Waals surface area contributed by atoms with Gasteiger partial charge in [-0.15, -0.1) is 11.3 Å². The van der Waals surface area contributed by atoms with E-state index in [0.717, 1.165) is 27.4 Å². The predicted octanol–water partition coefficient (Wildman–Crippen LogP) is 2.69. The van der Waals surface area contributed by atoms with Crippen LogP contribution in [0.25, 0.3) is 0 Å².